The van der Waals surface area contributed by atoms with Crippen molar-refractivity contribution in [3.8, 4) is 0 Å². The quantitative estimate of drug-likeness (QED) is 0.0230. The molecule has 3 atom stereocenters. The first-order valence-electron chi connectivity index (χ1n) is 23.7. The molecule has 348 valence electrons. The fourth-order valence-electron chi connectivity index (χ4n) is 6.35. The molecule has 0 aromatic carbocycles. The molecule has 0 saturated heterocycles. The Kier molecular flexibility index (Phi) is 41.3. The van der Waals surface area contributed by atoms with Crippen LogP contribution < -0.4 is 5.73 Å². The van der Waals surface area contributed by atoms with Crippen molar-refractivity contribution in [3.05, 3.63) is 48.6 Å². The molecule has 1 unspecified atom stereocenters. The molecule has 12 heteroatoms. The first-order chi connectivity index (χ1) is 29.1. The van der Waals surface area contributed by atoms with Crippen molar-refractivity contribution in [2.45, 2.75) is 219 Å². The van der Waals surface area contributed by atoms with Crippen molar-refractivity contribution in [2.75, 3.05) is 19.8 Å². The second-order valence-electron chi connectivity index (χ2n) is 15.9. The predicted octanol–water partition coefficient (Wildman–Crippen LogP) is 13.0. The van der Waals surface area contributed by atoms with Crippen molar-refractivity contribution in [1.29, 1.82) is 0 Å². The summed E-state index contributed by atoms with van der Waals surface area (Å²) in [6.45, 7) is 2.74. The lowest BCUT2D eigenvalue weighted by atomic mass is 10.0. The van der Waals surface area contributed by atoms with Crippen LogP contribution in [0.3, 0.4) is 0 Å². The molecular weight excluding hydrogens is 781 g/mol. The van der Waals surface area contributed by atoms with Gasteiger partial charge in [-0.2, -0.15) is 0 Å². The molecule has 0 bridgehead atoms. The second kappa shape index (κ2) is 43.1. The smallest absolute Gasteiger partial charge is 0.472 e. The fourth-order valence-corrected chi connectivity index (χ4v) is 7.13. The minimum absolute atomic E-state index is 0.0859. The van der Waals surface area contributed by atoms with Crippen molar-refractivity contribution < 1.29 is 47.5 Å². The highest BCUT2D eigenvalue weighted by Crippen LogP contribution is 2.43. The van der Waals surface area contributed by atoms with Gasteiger partial charge in [0.2, 0.25) is 0 Å². The van der Waals surface area contributed by atoms with Crippen molar-refractivity contribution >= 4 is 25.7 Å². The second-order valence-corrected chi connectivity index (χ2v) is 17.3. The Morgan fingerprint density at radius 2 is 0.900 bits per heavy atom. The molecule has 0 aliphatic heterocycles. The van der Waals surface area contributed by atoms with E-state index in [0.717, 1.165) is 44.9 Å². The molecule has 0 amide bonds. The number of phosphoric acid groups is 1. The highest BCUT2D eigenvalue weighted by Gasteiger charge is 2.28. The van der Waals surface area contributed by atoms with E-state index in [1.165, 1.54) is 116 Å². The first kappa shape index (κ1) is 57.4. The fraction of sp³-hybridized carbons (Fsp3) is 0.771. The molecule has 0 aliphatic rings. The topological polar surface area (TPSA) is 172 Å². The van der Waals surface area contributed by atoms with Gasteiger partial charge in [0.15, 0.2) is 6.10 Å². The van der Waals surface area contributed by atoms with Crippen molar-refractivity contribution in [3.63, 3.8) is 0 Å². The molecule has 11 nitrogen and oxygen atoms in total. The summed E-state index contributed by atoms with van der Waals surface area (Å²) in [5.74, 6) is -2.44. The van der Waals surface area contributed by atoms with E-state index in [-0.39, 0.29) is 19.4 Å². The normalized spacial score (nSPS) is 14.1. The molecule has 0 saturated carbocycles. The maximum atomic E-state index is 12.6. The van der Waals surface area contributed by atoms with Gasteiger partial charge in [-0.3, -0.25) is 23.4 Å². The summed E-state index contributed by atoms with van der Waals surface area (Å²) in [6.07, 6.45) is 49.0. The summed E-state index contributed by atoms with van der Waals surface area (Å²) in [7, 11) is -4.73. The summed E-state index contributed by atoms with van der Waals surface area (Å²) in [5, 5.41) is 8.90. The number of carboxylic acids is 1. The summed E-state index contributed by atoms with van der Waals surface area (Å²) in [5.41, 5.74) is 5.34. The Morgan fingerprint density at radius 3 is 1.37 bits per heavy atom. The molecule has 0 aromatic heterocycles. The van der Waals surface area contributed by atoms with Gasteiger partial charge in [-0.15, -0.1) is 0 Å². The first-order valence-corrected chi connectivity index (χ1v) is 25.2. The molecule has 0 fully saturated rings. The van der Waals surface area contributed by atoms with Gasteiger partial charge in [-0.1, -0.05) is 191 Å². The van der Waals surface area contributed by atoms with Crippen LogP contribution in [0.2, 0.25) is 0 Å². The number of phosphoric ester groups is 1. The zero-order valence-electron chi connectivity index (χ0n) is 37.8. The van der Waals surface area contributed by atoms with Crippen LogP contribution in [0, 0.1) is 0 Å². The monoisotopic (exact) mass is 868 g/mol. The van der Waals surface area contributed by atoms with E-state index in [4.69, 9.17) is 24.8 Å². The number of unbranched alkanes of at least 4 members (excludes halogenated alkanes) is 22. The van der Waals surface area contributed by atoms with Gasteiger partial charge in [-0.25, -0.2) is 4.57 Å². The van der Waals surface area contributed by atoms with E-state index in [9.17, 15) is 23.8 Å². The average Bonchev–Trinajstić information content (AvgIpc) is 3.22. The van der Waals surface area contributed by atoms with Crippen LogP contribution in [0.1, 0.15) is 206 Å². The zero-order chi connectivity index (χ0) is 44.2. The van der Waals surface area contributed by atoms with Crippen LogP contribution in [-0.4, -0.2) is 59.9 Å². The van der Waals surface area contributed by atoms with Gasteiger partial charge in [0.25, 0.3) is 0 Å². The molecule has 60 heavy (non-hydrogen) atoms. The number of nitrogens with two attached hydrogens (primary N) is 1. The zero-order valence-corrected chi connectivity index (χ0v) is 38.7. The van der Waals surface area contributed by atoms with Crippen LogP contribution in [0.4, 0.5) is 0 Å². The Hall–Kier alpha value is -2.56. The van der Waals surface area contributed by atoms with Gasteiger partial charge in [0, 0.05) is 12.8 Å². The van der Waals surface area contributed by atoms with Crippen LogP contribution in [0.25, 0.3) is 0 Å². The summed E-state index contributed by atoms with van der Waals surface area (Å²) in [4.78, 5) is 46.0. The van der Waals surface area contributed by atoms with Crippen LogP contribution in [0.5, 0.6) is 0 Å². The van der Waals surface area contributed by atoms with E-state index in [1.807, 2.05) is 12.2 Å². The SMILES string of the molecule is CCCCC/C=C\C/C=C\C/C=C\C/C=C\CCCC(=O)O[C@H](COC(=O)CCCCCCCCCCCCCCCCCCCCC)COP(=O)(O)OC[C@H](N)C(=O)O. The predicted molar refractivity (Wildman–Crippen MR) is 245 cm³/mol. The molecule has 0 aromatic rings. The lowest BCUT2D eigenvalue weighted by molar-refractivity contribution is -0.161. The summed E-state index contributed by atoms with van der Waals surface area (Å²) >= 11 is 0. The maximum absolute atomic E-state index is 12.6. The lowest BCUT2D eigenvalue weighted by Crippen LogP contribution is -2.34. The number of esters is 2. The Balaban J connectivity index is 4.37. The maximum Gasteiger partial charge on any atom is 0.472 e. The van der Waals surface area contributed by atoms with Gasteiger partial charge in [0.1, 0.15) is 12.6 Å². The van der Waals surface area contributed by atoms with E-state index >= 15 is 0 Å². The van der Waals surface area contributed by atoms with Gasteiger partial charge in [-0.05, 0) is 51.4 Å². The average molecular weight is 868 g/mol. The highest BCUT2D eigenvalue weighted by molar-refractivity contribution is 7.47. The van der Waals surface area contributed by atoms with E-state index in [1.54, 1.807) is 0 Å². The van der Waals surface area contributed by atoms with E-state index in [0.29, 0.717) is 19.3 Å². The van der Waals surface area contributed by atoms with Gasteiger partial charge < -0.3 is 25.2 Å². The minimum Gasteiger partial charge on any atom is -0.480 e. The number of hydrogen-bond acceptors (Lipinski definition) is 9. The van der Waals surface area contributed by atoms with E-state index in [2.05, 4.69) is 54.8 Å². The highest BCUT2D eigenvalue weighted by atomic mass is 31.2. The number of carbonyl (C=O) groups excluding carboxylic acids is 2. The molecule has 0 spiro atoms. The molecule has 4 N–H and O–H groups in total. The number of carbonyl (C=O) groups is 3. The van der Waals surface area contributed by atoms with Gasteiger partial charge in [0.05, 0.1) is 13.2 Å². The van der Waals surface area contributed by atoms with Crippen molar-refractivity contribution in [2.24, 2.45) is 5.73 Å². The molecule has 0 radical (unpaired) electrons. The summed E-state index contributed by atoms with van der Waals surface area (Å²) in [6, 6.07) is -1.53. The standard InChI is InChI=1S/C48H86NO10P/c1-3-5-7-9-11-13-15-17-19-21-22-24-25-27-29-31-33-35-37-39-46(50)56-41-44(42-57-60(54,55)58-43-45(49)48(52)53)59-47(51)40-38-36-34-32-30-28-26-23-20-18-16-14-12-10-8-6-4-2/h12,14,18,20,26,28,32,34,44-45H,3-11,13,15-17,19,21-25,27,29-31,33,35-43,49H2,1-2H3,(H,52,53)(H,54,55)/b14-12-,20-18-,28-26-,34-32-/t44-,45+/m1/s1. The number of allylic oxidation sites excluding steroid dienone is 8. The molecule has 0 aliphatic carbocycles. The number of rotatable bonds is 44. The number of hydrogen-bond donors (Lipinski definition) is 3. The third-order valence-electron chi connectivity index (χ3n) is 10.1. The van der Waals surface area contributed by atoms with Gasteiger partial charge >= 0.3 is 25.7 Å². The Labute approximate surface area is 365 Å². The largest absolute Gasteiger partial charge is 0.480 e. The van der Waals surface area contributed by atoms with Crippen LogP contribution >= 0.6 is 7.82 Å². The molecule has 0 heterocycles. The number of aliphatic carboxylic acids is 1. The Bertz CT molecular complexity index is 1200. The molecule has 0 rings (SSSR count). The Morgan fingerprint density at radius 1 is 0.517 bits per heavy atom. The van der Waals surface area contributed by atoms with Crippen LogP contribution in [-0.2, 0) is 37.5 Å². The van der Waals surface area contributed by atoms with E-state index < -0.39 is 51.1 Å². The van der Waals surface area contributed by atoms with Crippen molar-refractivity contribution in [1.82, 2.24) is 0 Å². The number of ether oxygens (including phenoxy) is 2. The third kappa shape index (κ3) is 42.1. The summed E-state index contributed by atoms with van der Waals surface area (Å²) < 4.78 is 32.7. The third-order valence-corrected chi connectivity index (χ3v) is 11.0. The number of carboxylic acid groups (broad SMARTS) is 1. The lowest BCUT2D eigenvalue weighted by Gasteiger charge is -2.20. The minimum atomic E-state index is -4.73. The van der Waals surface area contributed by atoms with Crippen LogP contribution in [0.15, 0.2) is 48.6 Å². The molecular formula is C48H86NO10P.